The van der Waals surface area contributed by atoms with Crippen molar-refractivity contribution in [3.05, 3.63) is 101 Å². The van der Waals surface area contributed by atoms with Crippen molar-refractivity contribution >= 4 is 27.5 Å². The highest BCUT2D eigenvalue weighted by atomic mass is 32.2. The van der Waals surface area contributed by atoms with E-state index in [4.69, 9.17) is 0 Å². The minimum atomic E-state index is -3.81. The standard InChI is InChI=1S/C32H41N3O4S/c1-7-26(5)33-32(37)30(20-27-13-9-8-10-14-27)34(21-28-15-11-12-23(2)18-28)31(36)22-35(40(6,38)39)29-19-24(3)16-17-25(29)4/h8-19,26,30H,7,20-22H2,1-6H3,(H,33,37). The fourth-order valence-corrected chi connectivity index (χ4v) is 5.48. The summed E-state index contributed by atoms with van der Waals surface area (Å²) in [5.74, 6) is -0.718. The molecule has 2 atom stereocenters. The number of carbonyl (C=O) groups is 2. The molecule has 0 aliphatic heterocycles. The number of hydrogen-bond donors (Lipinski definition) is 1. The fourth-order valence-electron chi connectivity index (χ4n) is 4.59. The first-order valence-electron chi connectivity index (χ1n) is 13.6. The van der Waals surface area contributed by atoms with Gasteiger partial charge in [0.1, 0.15) is 12.6 Å². The summed E-state index contributed by atoms with van der Waals surface area (Å²) in [5.41, 5.74) is 4.87. The second-order valence-corrected chi connectivity index (χ2v) is 12.5. The zero-order valence-corrected chi connectivity index (χ0v) is 25.2. The molecule has 3 aromatic rings. The van der Waals surface area contributed by atoms with Crippen LogP contribution in [0.3, 0.4) is 0 Å². The van der Waals surface area contributed by atoms with Crippen molar-refractivity contribution in [3.8, 4) is 0 Å². The molecule has 0 aromatic heterocycles. The van der Waals surface area contributed by atoms with Crippen LogP contribution >= 0.6 is 0 Å². The number of sulfonamides is 1. The number of rotatable bonds is 12. The molecule has 3 aromatic carbocycles. The fraction of sp³-hybridized carbons (Fsp3) is 0.375. The predicted octanol–water partition coefficient (Wildman–Crippen LogP) is 4.93. The zero-order valence-electron chi connectivity index (χ0n) is 24.3. The molecule has 40 heavy (non-hydrogen) atoms. The molecule has 0 fully saturated rings. The van der Waals surface area contributed by atoms with Crippen LogP contribution in [-0.2, 0) is 32.6 Å². The van der Waals surface area contributed by atoms with Crippen LogP contribution in [0.2, 0.25) is 0 Å². The third kappa shape index (κ3) is 8.42. The maximum atomic E-state index is 14.2. The summed E-state index contributed by atoms with van der Waals surface area (Å²) in [4.78, 5) is 29.5. The largest absolute Gasteiger partial charge is 0.352 e. The minimum Gasteiger partial charge on any atom is -0.352 e. The van der Waals surface area contributed by atoms with Gasteiger partial charge in [-0.05, 0) is 62.4 Å². The first-order chi connectivity index (χ1) is 18.9. The van der Waals surface area contributed by atoms with Gasteiger partial charge in [0, 0.05) is 19.0 Å². The molecular weight excluding hydrogens is 522 g/mol. The Morgan fingerprint density at radius 2 is 1.52 bits per heavy atom. The van der Waals surface area contributed by atoms with E-state index in [9.17, 15) is 18.0 Å². The monoisotopic (exact) mass is 563 g/mol. The number of nitrogens with zero attached hydrogens (tertiary/aromatic N) is 2. The lowest BCUT2D eigenvalue weighted by Crippen LogP contribution is -2.54. The van der Waals surface area contributed by atoms with Crippen molar-refractivity contribution < 1.29 is 18.0 Å². The van der Waals surface area contributed by atoms with Crippen LogP contribution < -0.4 is 9.62 Å². The molecule has 0 bridgehead atoms. The van der Waals surface area contributed by atoms with Crippen LogP contribution in [0.15, 0.2) is 72.8 Å². The highest BCUT2D eigenvalue weighted by molar-refractivity contribution is 7.92. The van der Waals surface area contributed by atoms with Crippen molar-refractivity contribution in [2.75, 3.05) is 17.1 Å². The Morgan fingerprint density at radius 1 is 0.875 bits per heavy atom. The summed E-state index contributed by atoms with van der Waals surface area (Å²) in [6.45, 7) is 9.33. The topological polar surface area (TPSA) is 86.8 Å². The number of amides is 2. The Labute approximate surface area is 239 Å². The second kappa shape index (κ2) is 13.6. The molecule has 2 unspecified atom stereocenters. The van der Waals surface area contributed by atoms with Gasteiger partial charge in [0.15, 0.2) is 0 Å². The van der Waals surface area contributed by atoms with E-state index >= 15 is 0 Å². The van der Waals surface area contributed by atoms with Gasteiger partial charge >= 0.3 is 0 Å². The Hall–Kier alpha value is -3.65. The molecule has 2 amide bonds. The van der Waals surface area contributed by atoms with Gasteiger partial charge in [-0.15, -0.1) is 0 Å². The molecule has 0 aliphatic rings. The van der Waals surface area contributed by atoms with E-state index in [1.807, 2.05) is 101 Å². The van der Waals surface area contributed by atoms with Gasteiger partial charge in [-0.1, -0.05) is 79.2 Å². The SMILES string of the molecule is CCC(C)NC(=O)C(Cc1ccccc1)N(Cc1cccc(C)c1)C(=O)CN(c1cc(C)ccc1C)S(C)(=O)=O. The molecule has 1 N–H and O–H groups in total. The summed E-state index contributed by atoms with van der Waals surface area (Å²) in [7, 11) is -3.81. The van der Waals surface area contributed by atoms with Crippen molar-refractivity contribution in [1.29, 1.82) is 0 Å². The van der Waals surface area contributed by atoms with Gasteiger partial charge in [0.05, 0.1) is 11.9 Å². The summed E-state index contributed by atoms with van der Waals surface area (Å²) in [6.07, 6.45) is 2.14. The number of aryl methyl sites for hydroxylation is 3. The van der Waals surface area contributed by atoms with E-state index < -0.39 is 28.5 Å². The highest BCUT2D eigenvalue weighted by Crippen LogP contribution is 2.25. The van der Waals surface area contributed by atoms with Crippen molar-refractivity contribution in [2.24, 2.45) is 0 Å². The normalized spacial score (nSPS) is 12.8. The van der Waals surface area contributed by atoms with Gasteiger partial charge in [-0.3, -0.25) is 13.9 Å². The maximum absolute atomic E-state index is 14.2. The van der Waals surface area contributed by atoms with Crippen molar-refractivity contribution in [3.63, 3.8) is 0 Å². The lowest BCUT2D eigenvalue weighted by atomic mass is 10.0. The number of carbonyl (C=O) groups excluding carboxylic acids is 2. The number of nitrogens with one attached hydrogen (secondary N) is 1. The van der Waals surface area contributed by atoms with E-state index in [-0.39, 0.29) is 18.5 Å². The van der Waals surface area contributed by atoms with Crippen LogP contribution in [-0.4, -0.2) is 50.0 Å². The molecule has 0 aliphatic carbocycles. The third-order valence-corrected chi connectivity index (χ3v) is 8.15. The summed E-state index contributed by atoms with van der Waals surface area (Å²) in [6, 6.07) is 21.9. The Kier molecular flexibility index (Phi) is 10.5. The van der Waals surface area contributed by atoms with Crippen LogP contribution in [0.25, 0.3) is 0 Å². The molecular formula is C32H41N3O4S. The summed E-state index contributed by atoms with van der Waals surface area (Å²) < 4.78 is 27.2. The van der Waals surface area contributed by atoms with Gasteiger partial charge < -0.3 is 10.2 Å². The third-order valence-electron chi connectivity index (χ3n) is 7.02. The van der Waals surface area contributed by atoms with E-state index in [1.165, 1.54) is 4.90 Å². The molecule has 0 radical (unpaired) electrons. The Bertz CT molecular complexity index is 1420. The lowest BCUT2D eigenvalue weighted by Gasteiger charge is -2.34. The van der Waals surface area contributed by atoms with E-state index in [1.54, 1.807) is 6.07 Å². The Morgan fingerprint density at radius 3 is 2.15 bits per heavy atom. The van der Waals surface area contributed by atoms with E-state index in [2.05, 4.69) is 5.32 Å². The average Bonchev–Trinajstić information content (AvgIpc) is 2.90. The van der Waals surface area contributed by atoms with Gasteiger partial charge in [0.2, 0.25) is 21.8 Å². The van der Waals surface area contributed by atoms with E-state index in [0.29, 0.717) is 12.1 Å². The average molecular weight is 564 g/mol. The molecule has 7 nitrogen and oxygen atoms in total. The quantitative estimate of drug-likeness (QED) is 0.339. The van der Waals surface area contributed by atoms with E-state index in [0.717, 1.165) is 44.8 Å². The maximum Gasteiger partial charge on any atom is 0.244 e. The predicted molar refractivity (Wildman–Crippen MR) is 162 cm³/mol. The van der Waals surface area contributed by atoms with Gasteiger partial charge in [-0.25, -0.2) is 8.42 Å². The smallest absolute Gasteiger partial charge is 0.244 e. The van der Waals surface area contributed by atoms with Gasteiger partial charge in [0.25, 0.3) is 0 Å². The number of anilines is 1. The molecule has 0 heterocycles. The summed E-state index contributed by atoms with van der Waals surface area (Å²) >= 11 is 0. The number of benzene rings is 3. The second-order valence-electron chi connectivity index (χ2n) is 10.6. The molecule has 3 rings (SSSR count). The van der Waals surface area contributed by atoms with Crippen molar-refractivity contribution in [2.45, 2.75) is 66.1 Å². The molecule has 0 saturated carbocycles. The lowest BCUT2D eigenvalue weighted by molar-refractivity contribution is -0.140. The summed E-state index contributed by atoms with van der Waals surface area (Å²) in [5, 5.41) is 3.05. The molecule has 214 valence electrons. The molecule has 8 heteroatoms. The number of hydrogen-bond acceptors (Lipinski definition) is 4. The molecule has 0 spiro atoms. The highest BCUT2D eigenvalue weighted by Gasteiger charge is 2.33. The van der Waals surface area contributed by atoms with Crippen molar-refractivity contribution in [1.82, 2.24) is 10.2 Å². The zero-order chi connectivity index (χ0) is 29.4. The molecule has 0 saturated heterocycles. The van der Waals surface area contributed by atoms with Crippen LogP contribution in [0.4, 0.5) is 5.69 Å². The van der Waals surface area contributed by atoms with Gasteiger partial charge in [-0.2, -0.15) is 0 Å². The Balaban J connectivity index is 2.09. The van der Waals surface area contributed by atoms with Crippen LogP contribution in [0.1, 0.15) is 48.1 Å². The first-order valence-corrected chi connectivity index (χ1v) is 15.5. The van der Waals surface area contributed by atoms with Crippen LogP contribution in [0.5, 0.6) is 0 Å². The first kappa shape index (κ1) is 30.9. The van der Waals surface area contributed by atoms with Crippen LogP contribution in [0, 0.1) is 20.8 Å². The minimum absolute atomic E-state index is 0.0795.